The van der Waals surface area contributed by atoms with Gasteiger partial charge in [-0.2, -0.15) is 5.21 Å². The molecular formula is C22H16F2N4O. The number of aryl methyl sites for hydroxylation is 1. The second-order valence-corrected chi connectivity index (χ2v) is 6.66. The minimum atomic E-state index is -0.847. The topological polar surface area (TPSA) is 71.5 Å². The van der Waals surface area contributed by atoms with E-state index >= 15 is 0 Å². The van der Waals surface area contributed by atoms with E-state index in [9.17, 15) is 13.6 Å². The summed E-state index contributed by atoms with van der Waals surface area (Å²) in [7, 11) is 0. The largest absolute Gasteiger partial charge is 0.294 e. The zero-order valence-corrected chi connectivity index (χ0v) is 15.5. The van der Waals surface area contributed by atoms with Crippen LogP contribution in [-0.2, 0) is 6.42 Å². The third-order valence-corrected chi connectivity index (χ3v) is 4.71. The summed E-state index contributed by atoms with van der Waals surface area (Å²) < 4.78 is 27.6. The van der Waals surface area contributed by atoms with Crippen LogP contribution in [0, 0.1) is 18.6 Å². The van der Waals surface area contributed by atoms with Crippen LogP contribution in [0.15, 0.2) is 60.7 Å². The van der Waals surface area contributed by atoms with Gasteiger partial charge in [0.25, 0.3) is 0 Å². The second kappa shape index (κ2) is 7.71. The molecule has 0 aliphatic heterocycles. The molecule has 1 heterocycles. The first-order chi connectivity index (χ1) is 14.0. The molecule has 0 fully saturated rings. The van der Waals surface area contributed by atoms with E-state index in [0.717, 1.165) is 34.4 Å². The zero-order valence-electron chi connectivity index (χ0n) is 15.5. The van der Waals surface area contributed by atoms with Crippen molar-refractivity contribution in [2.24, 2.45) is 0 Å². The molecule has 0 aliphatic carbocycles. The SMILES string of the molecule is Cc1ccc(-c2nn[nH]n2)cc1-c1ccc(CC(=O)c2c(F)cccc2F)cc1. The molecule has 0 bridgehead atoms. The minimum absolute atomic E-state index is 0.0833. The first-order valence-electron chi connectivity index (χ1n) is 8.94. The molecule has 1 aromatic heterocycles. The van der Waals surface area contributed by atoms with Crippen molar-refractivity contribution in [3.05, 3.63) is 89.0 Å². The first-order valence-corrected chi connectivity index (χ1v) is 8.94. The van der Waals surface area contributed by atoms with Gasteiger partial charge < -0.3 is 0 Å². The Bertz CT molecular complexity index is 1150. The Morgan fingerprint density at radius 1 is 0.966 bits per heavy atom. The maximum atomic E-state index is 13.8. The zero-order chi connectivity index (χ0) is 20.4. The molecule has 4 rings (SSSR count). The molecule has 0 saturated carbocycles. The average molecular weight is 390 g/mol. The number of tetrazole rings is 1. The highest BCUT2D eigenvalue weighted by molar-refractivity contribution is 5.98. The highest BCUT2D eigenvalue weighted by Crippen LogP contribution is 2.28. The van der Waals surface area contributed by atoms with Crippen LogP contribution in [0.25, 0.3) is 22.5 Å². The number of carbonyl (C=O) groups excluding carboxylic acids is 1. The van der Waals surface area contributed by atoms with Crippen molar-refractivity contribution >= 4 is 5.78 Å². The summed E-state index contributed by atoms with van der Waals surface area (Å²) >= 11 is 0. The Hall–Kier alpha value is -3.74. The monoisotopic (exact) mass is 390 g/mol. The molecule has 0 aliphatic rings. The van der Waals surface area contributed by atoms with E-state index in [-0.39, 0.29) is 6.42 Å². The Morgan fingerprint density at radius 3 is 2.31 bits per heavy atom. The van der Waals surface area contributed by atoms with Crippen molar-refractivity contribution in [2.45, 2.75) is 13.3 Å². The lowest BCUT2D eigenvalue weighted by molar-refractivity contribution is 0.0985. The van der Waals surface area contributed by atoms with Gasteiger partial charge in [-0.15, -0.1) is 10.2 Å². The van der Waals surface area contributed by atoms with Crippen LogP contribution in [0.2, 0.25) is 0 Å². The van der Waals surface area contributed by atoms with E-state index in [1.54, 1.807) is 12.1 Å². The molecule has 0 radical (unpaired) electrons. The molecule has 0 amide bonds. The van der Waals surface area contributed by atoms with Crippen molar-refractivity contribution in [1.29, 1.82) is 0 Å². The van der Waals surface area contributed by atoms with Gasteiger partial charge in [0.1, 0.15) is 11.6 Å². The Balaban J connectivity index is 1.59. The summed E-state index contributed by atoms with van der Waals surface area (Å²) in [5.41, 5.74) is 4.00. The number of nitrogens with zero attached hydrogens (tertiary/aromatic N) is 3. The van der Waals surface area contributed by atoms with Crippen molar-refractivity contribution in [2.75, 3.05) is 0 Å². The predicted octanol–water partition coefficient (Wildman–Crippen LogP) is 4.55. The summed E-state index contributed by atoms with van der Waals surface area (Å²) in [4.78, 5) is 12.3. The number of rotatable bonds is 5. The van der Waals surface area contributed by atoms with E-state index < -0.39 is 23.0 Å². The number of aromatic nitrogens is 4. The second-order valence-electron chi connectivity index (χ2n) is 6.66. The molecule has 144 valence electrons. The van der Waals surface area contributed by atoms with Gasteiger partial charge in [-0.05, 0) is 52.6 Å². The number of H-pyrrole nitrogens is 1. The van der Waals surface area contributed by atoms with E-state index in [4.69, 9.17) is 0 Å². The van der Waals surface area contributed by atoms with Crippen molar-refractivity contribution in [3.8, 4) is 22.5 Å². The summed E-state index contributed by atoms with van der Waals surface area (Å²) in [6, 6.07) is 16.6. The average Bonchev–Trinajstić information content (AvgIpc) is 3.24. The number of hydrogen-bond acceptors (Lipinski definition) is 4. The smallest absolute Gasteiger partial charge is 0.204 e. The fraction of sp³-hybridized carbons (Fsp3) is 0.0909. The molecule has 0 unspecified atom stereocenters. The minimum Gasteiger partial charge on any atom is -0.294 e. The molecule has 29 heavy (non-hydrogen) atoms. The molecule has 0 saturated heterocycles. The van der Waals surface area contributed by atoms with Gasteiger partial charge in [0.05, 0.1) is 5.56 Å². The molecule has 5 nitrogen and oxygen atoms in total. The standard InChI is InChI=1S/C22H16F2N4O/c1-13-5-8-16(22-25-27-28-26-22)12-17(13)15-9-6-14(7-10-15)11-20(29)21-18(23)3-2-4-19(21)24/h2-10,12H,11H2,1H3,(H,25,26,27,28). The number of benzene rings is 3. The van der Waals surface area contributed by atoms with Crippen LogP contribution < -0.4 is 0 Å². The molecule has 4 aromatic rings. The quantitative estimate of drug-likeness (QED) is 0.508. The van der Waals surface area contributed by atoms with E-state index in [1.807, 2.05) is 37.3 Å². The predicted molar refractivity (Wildman–Crippen MR) is 104 cm³/mol. The van der Waals surface area contributed by atoms with E-state index in [2.05, 4.69) is 20.6 Å². The molecule has 0 spiro atoms. The van der Waals surface area contributed by atoms with Crippen LogP contribution in [0.4, 0.5) is 8.78 Å². The fourth-order valence-corrected chi connectivity index (χ4v) is 3.20. The van der Waals surface area contributed by atoms with Crippen molar-refractivity contribution < 1.29 is 13.6 Å². The lowest BCUT2D eigenvalue weighted by Crippen LogP contribution is -2.09. The van der Waals surface area contributed by atoms with Crippen LogP contribution in [0.1, 0.15) is 21.5 Å². The molecule has 0 atom stereocenters. The number of carbonyl (C=O) groups is 1. The molecule has 3 aromatic carbocycles. The van der Waals surface area contributed by atoms with Crippen LogP contribution in [0.5, 0.6) is 0 Å². The Labute approximate surface area is 165 Å². The maximum absolute atomic E-state index is 13.8. The van der Waals surface area contributed by atoms with Gasteiger partial charge in [0.15, 0.2) is 5.78 Å². The summed E-state index contributed by atoms with van der Waals surface area (Å²) in [5, 5.41) is 14.0. The number of Topliss-reactive ketones (excluding diaryl/α,β-unsaturated/α-hetero) is 1. The van der Waals surface area contributed by atoms with Crippen molar-refractivity contribution in [1.82, 2.24) is 20.6 Å². The van der Waals surface area contributed by atoms with Gasteiger partial charge in [-0.3, -0.25) is 4.79 Å². The lowest BCUT2D eigenvalue weighted by atomic mass is 9.95. The molecule has 7 heteroatoms. The van der Waals surface area contributed by atoms with Crippen LogP contribution >= 0.6 is 0 Å². The fourth-order valence-electron chi connectivity index (χ4n) is 3.20. The number of halogens is 2. The lowest BCUT2D eigenvalue weighted by Gasteiger charge is -2.09. The number of aromatic amines is 1. The Morgan fingerprint density at radius 2 is 1.66 bits per heavy atom. The highest BCUT2D eigenvalue weighted by atomic mass is 19.1. The Kier molecular flexibility index (Phi) is 4.95. The van der Waals surface area contributed by atoms with Gasteiger partial charge in [0.2, 0.25) is 5.82 Å². The van der Waals surface area contributed by atoms with E-state index in [0.29, 0.717) is 11.4 Å². The summed E-state index contributed by atoms with van der Waals surface area (Å²) in [5.74, 6) is -1.79. The van der Waals surface area contributed by atoms with Crippen LogP contribution in [-0.4, -0.2) is 26.4 Å². The summed E-state index contributed by atoms with van der Waals surface area (Å²) in [6.07, 6.45) is -0.0833. The van der Waals surface area contributed by atoms with Gasteiger partial charge in [-0.1, -0.05) is 42.5 Å². The van der Waals surface area contributed by atoms with Gasteiger partial charge in [-0.25, -0.2) is 8.78 Å². The highest BCUT2D eigenvalue weighted by Gasteiger charge is 2.17. The summed E-state index contributed by atoms with van der Waals surface area (Å²) in [6.45, 7) is 1.99. The molecular weight excluding hydrogens is 374 g/mol. The molecule has 1 N–H and O–H groups in total. The third-order valence-electron chi connectivity index (χ3n) is 4.71. The van der Waals surface area contributed by atoms with E-state index in [1.165, 1.54) is 6.07 Å². The van der Waals surface area contributed by atoms with Crippen molar-refractivity contribution in [3.63, 3.8) is 0 Å². The number of nitrogens with one attached hydrogen (secondary N) is 1. The van der Waals surface area contributed by atoms with Gasteiger partial charge >= 0.3 is 0 Å². The maximum Gasteiger partial charge on any atom is 0.204 e. The normalized spacial score (nSPS) is 10.9. The van der Waals surface area contributed by atoms with Gasteiger partial charge in [0, 0.05) is 12.0 Å². The van der Waals surface area contributed by atoms with Crippen LogP contribution in [0.3, 0.4) is 0 Å². The third kappa shape index (κ3) is 3.80. The first kappa shape index (κ1) is 18.6. The number of hydrogen-bond donors (Lipinski definition) is 1. The number of ketones is 1.